The van der Waals surface area contributed by atoms with Crippen LogP contribution in [0.1, 0.15) is 25.7 Å². The number of aliphatic carboxylic acids is 1. The van der Waals surface area contributed by atoms with E-state index in [0.717, 1.165) is 12.8 Å². The Morgan fingerprint density at radius 3 is 2.38 bits per heavy atom. The highest BCUT2D eigenvalue weighted by Gasteiger charge is 2.04. The highest BCUT2D eigenvalue weighted by atomic mass is 35.5. The molecule has 5 nitrogen and oxygen atoms in total. The number of nitrogens with one attached hydrogen (secondary N) is 1. The highest BCUT2D eigenvalue weighted by molar-refractivity contribution is 6.34. The van der Waals surface area contributed by atoms with Crippen LogP contribution in [0.3, 0.4) is 0 Å². The molecule has 0 spiro atoms. The largest absolute Gasteiger partial charge is 0.484 e. The van der Waals surface area contributed by atoms with Crippen LogP contribution in [0.4, 0.5) is 0 Å². The Morgan fingerprint density at radius 1 is 1.10 bits per heavy atom. The van der Waals surface area contributed by atoms with Crippen LogP contribution in [0.5, 0.6) is 5.75 Å². The molecule has 0 unspecified atom stereocenters. The fraction of sp³-hybridized carbons (Fsp3) is 0.429. The first-order valence-corrected chi connectivity index (χ1v) is 7.30. The number of carbonyl (C=O) groups excluding carboxylic acids is 1. The van der Waals surface area contributed by atoms with E-state index >= 15 is 0 Å². The number of hydrogen-bond acceptors (Lipinski definition) is 3. The Morgan fingerprint density at radius 2 is 1.76 bits per heavy atom. The minimum Gasteiger partial charge on any atom is -0.484 e. The number of carboxylic acid groups (broad SMARTS) is 1. The van der Waals surface area contributed by atoms with Gasteiger partial charge < -0.3 is 15.2 Å². The van der Waals surface area contributed by atoms with Gasteiger partial charge in [0, 0.05) is 23.0 Å². The molecular formula is C14H17Cl2NO4. The van der Waals surface area contributed by atoms with Crippen LogP contribution < -0.4 is 10.1 Å². The van der Waals surface area contributed by atoms with Crippen molar-refractivity contribution in [2.75, 3.05) is 13.2 Å². The van der Waals surface area contributed by atoms with E-state index in [1.54, 1.807) is 18.2 Å². The van der Waals surface area contributed by atoms with Crippen molar-refractivity contribution in [1.82, 2.24) is 5.32 Å². The van der Waals surface area contributed by atoms with Gasteiger partial charge in [0.25, 0.3) is 5.91 Å². The third-order valence-electron chi connectivity index (χ3n) is 2.60. The van der Waals surface area contributed by atoms with E-state index in [-0.39, 0.29) is 18.9 Å². The minimum absolute atomic E-state index is 0.119. The number of unbranched alkanes of at least 4 members (excludes halogenated alkanes) is 2. The van der Waals surface area contributed by atoms with Crippen LogP contribution in [0.15, 0.2) is 18.2 Å². The Hall–Kier alpha value is -1.46. The summed E-state index contributed by atoms with van der Waals surface area (Å²) in [4.78, 5) is 21.8. The van der Waals surface area contributed by atoms with Crippen molar-refractivity contribution in [3.63, 3.8) is 0 Å². The number of benzene rings is 1. The molecule has 116 valence electrons. The average Bonchev–Trinajstić information content (AvgIpc) is 2.39. The summed E-state index contributed by atoms with van der Waals surface area (Å²) in [5.41, 5.74) is 0. The molecule has 7 heteroatoms. The van der Waals surface area contributed by atoms with Gasteiger partial charge in [-0.3, -0.25) is 9.59 Å². The Balaban J connectivity index is 2.15. The summed E-state index contributed by atoms with van der Waals surface area (Å²) in [7, 11) is 0. The first kappa shape index (κ1) is 17.6. The zero-order chi connectivity index (χ0) is 15.7. The lowest BCUT2D eigenvalue weighted by Gasteiger charge is -2.08. The third-order valence-corrected chi connectivity index (χ3v) is 3.03. The van der Waals surface area contributed by atoms with Gasteiger partial charge in [0.2, 0.25) is 0 Å². The molecule has 0 aliphatic rings. The van der Waals surface area contributed by atoms with E-state index in [1.165, 1.54) is 0 Å². The summed E-state index contributed by atoms with van der Waals surface area (Å²) in [6.45, 7) is 0.379. The number of rotatable bonds is 9. The molecule has 1 aromatic rings. The van der Waals surface area contributed by atoms with Gasteiger partial charge in [-0.2, -0.15) is 0 Å². The monoisotopic (exact) mass is 333 g/mol. The Kier molecular flexibility index (Phi) is 7.93. The lowest BCUT2D eigenvalue weighted by molar-refractivity contribution is -0.137. The maximum absolute atomic E-state index is 11.5. The van der Waals surface area contributed by atoms with Crippen molar-refractivity contribution in [3.05, 3.63) is 28.2 Å². The summed E-state index contributed by atoms with van der Waals surface area (Å²) < 4.78 is 5.28. The van der Waals surface area contributed by atoms with Crippen LogP contribution in [0, 0.1) is 0 Å². The summed E-state index contributed by atoms with van der Waals surface area (Å²) in [5, 5.41) is 12.0. The van der Waals surface area contributed by atoms with Crippen LogP contribution in [-0.2, 0) is 9.59 Å². The van der Waals surface area contributed by atoms with Gasteiger partial charge in [0.15, 0.2) is 6.61 Å². The van der Waals surface area contributed by atoms with E-state index in [4.69, 9.17) is 33.0 Å². The van der Waals surface area contributed by atoms with Gasteiger partial charge >= 0.3 is 5.97 Å². The van der Waals surface area contributed by atoms with E-state index < -0.39 is 5.97 Å². The highest BCUT2D eigenvalue weighted by Crippen LogP contribution is 2.23. The second-order valence-electron chi connectivity index (χ2n) is 4.45. The van der Waals surface area contributed by atoms with Crippen molar-refractivity contribution in [1.29, 1.82) is 0 Å². The molecule has 0 aromatic heterocycles. The predicted octanol–water partition coefficient (Wildman–Crippen LogP) is 3.13. The Labute approximate surface area is 133 Å². The molecule has 0 aliphatic carbocycles. The molecule has 0 heterocycles. The molecule has 1 amide bonds. The van der Waals surface area contributed by atoms with Crippen molar-refractivity contribution in [3.8, 4) is 5.75 Å². The molecule has 0 atom stereocenters. The van der Waals surface area contributed by atoms with E-state index in [9.17, 15) is 9.59 Å². The fourth-order valence-electron chi connectivity index (χ4n) is 1.62. The van der Waals surface area contributed by atoms with Crippen LogP contribution in [0.2, 0.25) is 10.0 Å². The van der Waals surface area contributed by atoms with Gasteiger partial charge in [-0.05, 0) is 31.0 Å². The normalized spacial score (nSPS) is 10.2. The van der Waals surface area contributed by atoms with E-state index in [1.807, 2.05) is 0 Å². The van der Waals surface area contributed by atoms with E-state index in [2.05, 4.69) is 5.32 Å². The molecule has 0 radical (unpaired) electrons. The number of ether oxygens (including phenoxy) is 1. The van der Waals surface area contributed by atoms with Crippen molar-refractivity contribution in [2.24, 2.45) is 0 Å². The van der Waals surface area contributed by atoms with Gasteiger partial charge in [0.1, 0.15) is 5.75 Å². The molecule has 0 saturated heterocycles. The average molecular weight is 334 g/mol. The molecule has 1 aromatic carbocycles. The second-order valence-corrected chi connectivity index (χ2v) is 5.32. The van der Waals surface area contributed by atoms with Gasteiger partial charge in [-0.1, -0.05) is 29.6 Å². The first-order valence-electron chi connectivity index (χ1n) is 6.55. The molecule has 21 heavy (non-hydrogen) atoms. The number of carboxylic acids is 1. The van der Waals surface area contributed by atoms with Crippen molar-refractivity contribution in [2.45, 2.75) is 25.7 Å². The van der Waals surface area contributed by atoms with Crippen molar-refractivity contribution < 1.29 is 19.4 Å². The zero-order valence-corrected chi connectivity index (χ0v) is 12.9. The molecule has 0 aliphatic heterocycles. The molecule has 0 saturated carbocycles. The van der Waals surface area contributed by atoms with Crippen molar-refractivity contribution >= 4 is 35.1 Å². The number of halogens is 2. The molecule has 0 bridgehead atoms. The third kappa shape index (κ3) is 8.42. The molecular weight excluding hydrogens is 317 g/mol. The summed E-state index contributed by atoms with van der Waals surface area (Å²) >= 11 is 11.6. The molecule has 1 rings (SSSR count). The van der Waals surface area contributed by atoms with Gasteiger partial charge in [0.05, 0.1) is 0 Å². The smallest absolute Gasteiger partial charge is 0.303 e. The summed E-state index contributed by atoms with van der Waals surface area (Å²) in [6.07, 6.45) is 2.27. The van der Waals surface area contributed by atoms with Crippen LogP contribution in [0.25, 0.3) is 0 Å². The zero-order valence-electron chi connectivity index (χ0n) is 11.4. The van der Waals surface area contributed by atoms with Crippen LogP contribution >= 0.6 is 23.2 Å². The first-order chi connectivity index (χ1) is 9.97. The summed E-state index contributed by atoms with van der Waals surface area (Å²) in [5.74, 6) is -0.610. The number of amides is 1. The SMILES string of the molecule is O=C(O)CCCCCNC(=O)COc1cc(Cl)cc(Cl)c1. The predicted molar refractivity (Wildman–Crippen MR) is 81.1 cm³/mol. The van der Waals surface area contributed by atoms with Gasteiger partial charge in [-0.25, -0.2) is 0 Å². The topological polar surface area (TPSA) is 75.6 Å². The number of carbonyl (C=O) groups is 2. The van der Waals surface area contributed by atoms with Crippen LogP contribution in [-0.4, -0.2) is 30.1 Å². The maximum atomic E-state index is 11.5. The lowest BCUT2D eigenvalue weighted by atomic mass is 10.2. The maximum Gasteiger partial charge on any atom is 0.303 e. The quantitative estimate of drug-likeness (QED) is 0.680. The standard InChI is InChI=1S/C14H17Cl2NO4/c15-10-6-11(16)8-12(7-10)21-9-13(18)17-5-3-1-2-4-14(19)20/h6-8H,1-5,9H2,(H,17,18)(H,19,20). The molecule has 0 fully saturated rings. The fourth-order valence-corrected chi connectivity index (χ4v) is 2.12. The molecule has 2 N–H and O–H groups in total. The van der Waals surface area contributed by atoms with E-state index in [0.29, 0.717) is 28.8 Å². The Bertz CT molecular complexity index is 474. The van der Waals surface area contributed by atoms with Gasteiger partial charge in [-0.15, -0.1) is 0 Å². The number of hydrogen-bond donors (Lipinski definition) is 2. The lowest BCUT2D eigenvalue weighted by Crippen LogP contribution is -2.29. The summed E-state index contributed by atoms with van der Waals surface area (Å²) in [6, 6.07) is 4.73. The minimum atomic E-state index is -0.799. The second kappa shape index (κ2) is 9.47.